The molecule has 0 amide bonds. The first-order valence-electron chi connectivity index (χ1n) is 8.07. The first kappa shape index (κ1) is 17.4. The molecule has 128 valence electrons. The average molecular weight is 398 g/mol. The van der Waals surface area contributed by atoms with Crippen LogP contribution in [0.4, 0.5) is 5.69 Å². The summed E-state index contributed by atoms with van der Waals surface area (Å²) in [6, 6.07) is 11.8. The molecule has 1 aromatic heterocycles. The average Bonchev–Trinajstić information content (AvgIpc) is 2.86. The fraction of sp³-hybridized carbons (Fsp3) is 0.200. The Morgan fingerprint density at radius 1 is 1.04 bits per heavy atom. The Balaban J connectivity index is 2.07. The van der Waals surface area contributed by atoms with E-state index >= 15 is 0 Å². The fourth-order valence-corrected chi connectivity index (χ4v) is 3.17. The van der Waals surface area contributed by atoms with Crippen molar-refractivity contribution in [3.05, 3.63) is 79.2 Å². The van der Waals surface area contributed by atoms with E-state index in [1.54, 1.807) is 10.9 Å². The highest BCUT2D eigenvalue weighted by Crippen LogP contribution is 2.24. The van der Waals surface area contributed by atoms with Gasteiger partial charge in [0.25, 0.3) is 5.56 Å². The van der Waals surface area contributed by atoms with Crippen LogP contribution >= 0.6 is 15.9 Å². The lowest BCUT2D eigenvalue weighted by Crippen LogP contribution is -2.18. The first-order chi connectivity index (χ1) is 11.9. The van der Waals surface area contributed by atoms with Gasteiger partial charge in [-0.15, -0.1) is 0 Å². The summed E-state index contributed by atoms with van der Waals surface area (Å²) in [7, 11) is 0. The lowest BCUT2D eigenvalue weighted by Gasteiger charge is -2.10. The Kier molecular flexibility index (Phi) is 4.77. The van der Waals surface area contributed by atoms with E-state index in [1.165, 1.54) is 0 Å². The van der Waals surface area contributed by atoms with Gasteiger partial charge in [0, 0.05) is 16.4 Å². The molecule has 0 fully saturated rings. The minimum Gasteiger partial charge on any atom is -0.295 e. The molecular weight excluding hydrogens is 378 g/mol. The van der Waals surface area contributed by atoms with E-state index in [0.29, 0.717) is 5.56 Å². The zero-order valence-corrected chi connectivity index (χ0v) is 16.3. The summed E-state index contributed by atoms with van der Waals surface area (Å²) in [5.41, 5.74) is 6.23. The van der Waals surface area contributed by atoms with Crippen LogP contribution in [0.25, 0.3) is 5.69 Å². The van der Waals surface area contributed by atoms with Crippen LogP contribution in [-0.2, 0) is 0 Å². The monoisotopic (exact) mass is 397 g/mol. The molecule has 25 heavy (non-hydrogen) atoms. The second-order valence-corrected chi connectivity index (χ2v) is 7.01. The molecule has 2 aromatic carbocycles. The minimum absolute atomic E-state index is 0.0975. The van der Waals surface area contributed by atoms with Crippen LogP contribution < -0.4 is 5.56 Å². The zero-order valence-electron chi connectivity index (χ0n) is 14.7. The number of rotatable bonds is 3. The van der Waals surface area contributed by atoms with Crippen molar-refractivity contribution in [2.24, 2.45) is 4.99 Å². The lowest BCUT2D eigenvalue weighted by atomic mass is 10.1. The van der Waals surface area contributed by atoms with Gasteiger partial charge < -0.3 is 0 Å². The molecule has 5 heteroatoms. The van der Waals surface area contributed by atoms with E-state index in [4.69, 9.17) is 0 Å². The molecule has 0 unspecified atom stereocenters. The van der Waals surface area contributed by atoms with Gasteiger partial charge in [0.15, 0.2) is 0 Å². The summed E-state index contributed by atoms with van der Waals surface area (Å²) in [6.45, 7) is 7.94. The van der Waals surface area contributed by atoms with Gasteiger partial charge in [-0.25, -0.2) is 4.68 Å². The Morgan fingerprint density at radius 2 is 1.76 bits per heavy atom. The molecule has 1 heterocycles. The van der Waals surface area contributed by atoms with Crippen LogP contribution in [0.5, 0.6) is 0 Å². The van der Waals surface area contributed by atoms with Crippen LogP contribution in [0.3, 0.4) is 0 Å². The number of hydrogen-bond donors (Lipinski definition) is 1. The first-order valence-corrected chi connectivity index (χ1v) is 8.87. The van der Waals surface area contributed by atoms with Gasteiger partial charge in [-0.1, -0.05) is 34.1 Å². The third-order valence-corrected chi connectivity index (χ3v) is 5.36. The summed E-state index contributed by atoms with van der Waals surface area (Å²) < 4.78 is 2.62. The molecule has 0 atom stereocenters. The summed E-state index contributed by atoms with van der Waals surface area (Å²) in [5, 5.41) is 3.17. The van der Waals surface area contributed by atoms with Gasteiger partial charge in [0.05, 0.1) is 16.9 Å². The normalized spacial score (nSPS) is 11.4. The minimum atomic E-state index is -0.0975. The maximum absolute atomic E-state index is 12.9. The summed E-state index contributed by atoms with van der Waals surface area (Å²) in [5.74, 6) is 0. The van der Waals surface area contributed by atoms with Gasteiger partial charge in [0.2, 0.25) is 0 Å². The number of aliphatic imine (C=N–C) groups is 1. The number of aromatic nitrogens is 2. The number of hydrogen-bond acceptors (Lipinski definition) is 2. The third-order valence-electron chi connectivity index (χ3n) is 4.50. The number of para-hydroxylation sites is 1. The molecule has 0 saturated carbocycles. The second-order valence-electron chi connectivity index (χ2n) is 6.15. The van der Waals surface area contributed by atoms with Gasteiger partial charge in [-0.05, 0) is 62.6 Å². The van der Waals surface area contributed by atoms with Crippen molar-refractivity contribution in [3.8, 4) is 5.69 Å². The maximum atomic E-state index is 12.9. The molecule has 0 aliphatic heterocycles. The van der Waals surface area contributed by atoms with Crippen molar-refractivity contribution in [1.82, 2.24) is 9.78 Å². The van der Waals surface area contributed by atoms with E-state index in [-0.39, 0.29) is 5.56 Å². The van der Waals surface area contributed by atoms with Crippen molar-refractivity contribution in [2.75, 3.05) is 0 Å². The molecule has 0 aliphatic carbocycles. The number of aryl methyl sites for hydroxylation is 2. The van der Waals surface area contributed by atoms with Crippen molar-refractivity contribution in [1.29, 1.82) is 0 Å². The predicted molar refractivity (Wildman–Crippen MR) is 107 cm³/mol. The highest BCUT2D eigenvalue weighted by Gasteiger charge is 2.14. The molecular formula is C20H20BrN3O. The molecule has 4 nitrogen and oxygen atoms in total. The quantitative estimate of drug-likeness (QED) is 0.626. The molecule has 0 radical (unpaired) electrons. The Bertz CT molecular complexity index is 1030. The van der Waals surface area contributed by atoms with Crippen LogP contribution in [0.1, 0.15) is 27.9 Å². The van der Waals surface area contributed by atoms with Crippen molar-refractivity contribution in [3.63, 3.8) is 0 Å². The second kappa shape index (κ2) is 6.84. The number of H-pyrrole nitrogens is 1. The lowest BCUT2D eigenvalue weighted by molar-refractivity contribution is 0.827. The Morgan fingerprint density at radius 3 is 2.48 bits per heavy atom. The highest BCUT2D eigenvalue weighted by atomic mass is 79.9. The molecule has 0 spiro atoms. The Labute approximate surface area is 155 Å². The van der Waals surface area contributed by atoms with Crippen LogP contribution in [0.2, 0.25) is 0 Å². The predicted octanol–water partition coefficient (Wildman–Crippen LogP) is 4.91. The number of aromatic amines is 1. The van der Waals surface area contributed by atoms with Gasteiger partial charge >= 0.3 is 0 Å². The van der Waals surface area contributed by atoms with E-state index in [0.717, 1.165) is 38.2 Å². The standard InChI is InChI=1S/C20H20BrN3O/c1-12-7-5-6-8-18(12)22-11-16-15(4)23-24(20(16)25)19-10-9-17(21)13(2)14(19)3/h5-11,23H,1-4H3. The number of nitrogens with one attached hydrogen (secondary N) is 1. The van der Waals surface area contributed by atoms with Crippen LogP contribution in [0, 0.1) is 27.7 Å². The molecule has 0 aliphatic rings. The third kappa shape index (κ3) is 3.24. The van der Waals surface area contributed by atoms with Crippen LogP contribution in [-0.4, -0.2) is 16.0 Å². The molecule has 3 aromatic rings. The van der Waals surface area contributed by atoms with E-state index in [1.807, 2.05) is 64.1 Å². The summed E-state index contributed by atoms with van der Waals surface area (Å²) >= 11 is 3.53. The Hall–Kier alpha value is -2.40. The topological polar surface area (TPSA) is 50.1 Å². The summed E-state index contributed by atoms with van der Waals surface area (Å²) in [4.78, 5) is 17.4. The van der Waals surface area contributed by atoms with Crippen molar-refractivity contribution >= 4 is 27.8 Å². The highest BCUT2D eigenvalue weighted by molar-refractivity contribution is 9.10. The SMILES string of the molecule is Cc1ccccc1N=Cc1c(C)[nH]n(-c2ccc(Br)c(C)c2C)c1=O. The largest absolute Gasteiger partial charge is 0.295 e. The molecule has 3 rings (SSSR count). The summed E-state index contributed by atoms with van der Waals surface area (Å²) in [6.07, 6.45) is 1.65. The van der Waals surface area contributed by atoms with Gasteiger partial charge in [-0.2, -0.15) is 0 Å². The molecule has 1 N–H and O–H groups in total. The van der Waals surface area contributed by atoms with E-state index in [9.17, 15) is 4.79 Å². The van der Waals surface area contributed by atoms with Crippen molar-refractivity contribution in [2.45, 2.75) is 27.7 Å². The number of halogens is 1. The smallest absolute Gasteiger partial charge is 0.280 e. The van der Waals surface area contributed by atoms with Gasteiger partial charge in [-0.3, -0.25) is 14.9 Å². The van der Waals surface area contributed by atoms with Crippen molar-refractivity contribution < 1.29 is 0 Å². The zero-order chi connectivity index (χ0) is 18.1. The maximum Gasteiger partial charge on any atom is 0.280 e. The number of nitrogens with zero attached hydrogens (tertiary/aromatic N) is 2. The molecule has 0 saturated heterocycles. The number of benzene rings is 2. The van der Waals surface area contributed by atoms with Crippen LogP contribution in [0.15, 0.2) is 50.7 Å². The van der Waals surface area contributed by atoms with Gasteiger partial charge in [0.1, 0.15) is 0 Å². The van der Waals surface area contributed by atoms with E-state index in [2.05, 4.69) is 26.0 Å². The fourth-order valence-electron chi connectivity index (χ4n) is 2.74. The molecule has 0 bridgehead atoms. The van der Waals surface area contributed by atoms with E-state index < -0.39 is 0 Å².